The number of hydrogen-bond donors (Lipinski definition) is 0. The Balaban J connectivity index is 2.20. The van der Waals surface area contributed by atoms with Gasteiger partial charge in [0.25, 0.3) is 0 Å². The van der Waals surface area contributed by atoms with E-state index in [9.17, 15) is 4.79 Å². The molecule has 0 heterocycles. The number of hydrogen-bond acceptors (Lipinski definition) is 1. The number of carbonyl (C=O) groups excluding carboxylic acids is 1. The number of ketones is 1. The lowest BCUT2D eigenvalue weighted by Gasteiger charge is -2.14. The van der Waals surface area contributed by atoms with Crippen molar-refractivity contribution in [1.82, 2.24) is 0 Å². The summed E-state index contributed by atoms with van der Waals surface area (Å²) in [4.78, 5) is 12.3. The van der Waals surface area contributed by atoms with Crippen molar-refractivity contribution in [3.05, 3.63) is 78.4 Å². The van der Waals surface area contributed by atoms with Gasteiger partial charge in [-0.05, 0) is 11.1 Å². The third-order valence-electron chi connectivity index (χ3n) is 3.12. The van der Waals surface area contributed by atoms with Crippen LogP contribution in [0.2, 0.25) is 0 Å². The highest BCUT2D eigenvalue weighted by Crippen LogP contribution is 2.24. The van der Waals surface area contributed by atoms with E-state index in [1.165, 1.54) is 0 Å². The van der Waals surface area contributed by atoms with Gasteiger partial charge in [-0.15, -0.1) is 0 Å². The average Bonchev–Trinajstić information content (AvgIpc) is 2.47. The summed E-state index contributed by atoms with van der Waals surface area (Å²) in [6, 6.07) is 19.2. The van der Waals surface area contributed by atoms with Crippen LogP contribution in [0.25, 0.3) is 5.57 Å². The van der Waals surface area contributed by atoms with Gasteiger partial charge in [0, 0.05) is 11.5 Å². The molecule has 0 N–H and O–H groups in total. The van der Waals surface area contributed by atoms with Crippen LogP contribution in [0.5, 0.6) is 0 Å². The molecular weight excluding hydrogens is 220 g/mol. The van der Waals surface area contributed by atoms with Crippen molar-refractivity contribution in [3.8, 4) is 0 Å². The fourth-order valence-electron chi connectivity index (χ4n) is 1.91. The van der Waals surface area contributed by atoms with Gasteiger partial charge in [-0.1, -0.05) is 74.2 Å². The monoisotopic (exact) mass is 236 g/mol. The second kappa shape index (κ2) is 5.46. The predicted octanol–water partition coefficient (Wildman–Crippen LogP) is 4.22. The third kappa shape index (κ3) is 2.57. The number of Topliss-reactive ketones (excluding diaryl/α,β-unsaturated/α-hetero) is 1. The van der Waals surface area contributed by atoms with Gasteiger partial charge >= 0.3 is 0 Å². The van der Waals surface area contributed by atoms with Gasteiger partial charge in [0.15, 0.2) is 5.78 Å². The topological polar surface area (TPSA) is 17.1 Å². The van der Waals surface area contributed by atoms with Gasteiger partial charge in [-0.2, -0.15) is 0 Å². The van der Waals surface area contributed by atoms with Crippen molar-refractivity contribution in [2.75, 3.05) is 0 Å². The van der Waals surface area contributed by atoms with Crippen LogP contribution >= 0.6 is 0 Å². The Morgan fingerprint density at radius 3 is 1.83 bits per heavy atom. The van der Waals surface area contributed by atoms with Crippen molar-refractivity contribution in [3.63, 3.8) is 0 Å². The fourth-order valence-corrected chi connectivity index (χ4v) is 1.91. The zero-order chi connectivity index (χ0) is 13.0. The van der Waals surface area contributed by atoms with E-state index in [0.29, 0.717) is 0 Å². The Hall–Kier alpha value is -2.15. The lowest BCUT2D eigenvalue weighted by molar-refractivity contribution is 0.0958. The van der Waals surface area contributed by atoms with Crippen molar-refractivity contribution in [1.29, 1.82) is 0 Å². The molecule has 0 fully saturated rings. The lowest BCUT2D eigenvalue weighted by atomic mass is 9.89. The Morgan fingerprint density at radius 2 is 1.33 bits per heavy atom. The van der Waals surface area contributed by atoms with Crippen molar-refractivity contribution in [2.45, 2.75) is 6.92 Å². The molecule has 2 aromatic carbocycles. The zero-order valence-corrected chi connectivity index (χ0v) is 10.5. The molecule has 0 aliphatic rings. The maximum absolute atomic E-state index is 12.3. The summed E-state index contributed by atoms with van der Waals surface area (Å²) in [5, 5.41) is 0. The molecule has 1 heteroatoms. The van der Waals surface area contributed by atoms with Gasteiger partial charge in [0.2, 0.25) is 0 Å². The highest BCUT2D eigenvalue weighted by molar-refractivity contribution is 6.04. The summed E-state index contributed by atoms with van der Waals surface area (Å²) >= 11 is 0. The first-order chi connectivity index (χ1) is 8.70. The van der Waals surface area contributed by atoms with Crippen LogP contribution in [-0.2, 0) is 0 Å². The normalized spacial score (nSPS) is 11.8. The molecule has 0 aliphatic heterocycles. The summed E-state index contributed by atoms with van der Waals surface area (Å²) in [7, 11) is 0. The van der Waals surface area contributed by atoms with E-state index in [1.807, 2.05) is 67.6 Å². The van der Waals surface area contributed by atoms with Crippen LogP contribution in [0.4, 0.5) is 0 Å². The largest absolute Gasteiger partial charge is 0.294 e. The molecule has 1 atom stereocenters. The van der Waals surface area contributed by atoms with Gasteiger partial charge in [-0.25, -0.2) is 0 Å². The standard InChI is InChI=1S/C17H16O/c1-13(15-9-5-3-6-10-15)14(2)17(18)16-11-7-4-8-12-16/h3-12,14H,1H2,2H3/t14-/m0/s1. The number of rotatable bonds is 4. The highest BCUT2D eigenvalue weighted by atomic mass is 16.1. The summed E-state index contributed by atoms with van der Waals surface area (Å²) < 4.78 is 0. The van der Waals surface area contributed by atoms with E-state index in [0.717, 1.165) is 16.7 Å². The molecule has 0 unspecified atom stereocenters. The SMILES string of the molecule is C=C(c1ccccc1)[C@H](C)C(=O)c1ccccc1. The van der Waals surface area contributed by atoms with Crippen molar-refractivity contribution < 1.29 is 4.79 Å². The van der Waals surface area contributed by atoms with E-state index >= 15 is 0 Å². The molecule has 0 spiro atoms. The maximum Gasteiger partial charge on any atom is 0.170 e. The van der Waals surface area contributed by atoms with Gasteiger partial charge in [0.1, 0.15) is 0 Å². The highest BCUT2D eigenvalue weighted by Gasteiger charge is 2.18. The van der Waals surface area contributed by atoms with E-state index in [-0.39, 0.29) is 11.7 Å². The molecule has 0 aromatic heterocycles. The fraction of sp³-hybridized carbons (Fsp3) is 0.118. The van der Waals surface area contributed by atoms with Crippen LogP contribution in [0, 0.1) is 5.92 Å². The smallest absolute Gasteiger partial charge is 0.170 e. The molecule has 1 nitrogen and oxygen atoms in total. The Morgan fingerprint density at radius 1 is 0.889 bits per heavy atom. The first kappa shape index (κ1) is 12.3. The molecule has 2 rings (SSSR count). The second-order valence-electron chi connectivity index (χ2n) is 4.34. The van der Waals surface area contributed by atoms with Gasteiger partial charge in [-0.3, -0.25) is 4.79 Å². The summed E-state index contributed by atoms with van der Waals surface area (Å²) in [6.45, 7) is 5.96. The van der Waals surface area contributed by atoms with Gasteiger partial charge in [0.05, 0.1) is 0 Å². The van der Waals surface area contributed by atoms with Crippen LogP contribution in [0.1, 0.15) is 22.8 Å². The van der Waals surface area contributed by atoms with E-state index in [1.54, 1.807) is 0 Å². The molecule has 0 saturated carbocycles. The maximum atomic E-state index is 12.3. The molecule has 0 saturated heterocycles. The summed E-state index contributed by atoms with van der Waals surface area (Å²) in [6.07, 6.45) is 0. The molecule has 18 heavy (non-hydrogen) atoms. The average molecular weight is 236 g/mol. The quantitative estimate of drug-likeness (QED) is 0.726. The minimum absolute atomic E-state index is 0.115. The molecule has 0 radical (unpaired) electrons. The molecule has 90 valence electrons. The first-order valence-electron chi connectivity index (χ1n) is 6.03. The molecule has 0 aliphatic carbocycles. The predicted molar refractivity (Wildman–Crippen MR) is 75.4 cm³/mol. The van der Waals surface area contributed by atoms with E-state index < -0.39 is 0 Å². The third-order valence-corrected chi connectivity index (χ3v) is 3.12. The molecule has 0 bridgehead atoms. The van der Waals surface area contributed by atoms with Crippen LogP contribution < -0.4 is 0 Å². The summed E-state index contributed by atoms with van der Waals surface area (Å²) in [5.74, 6) is -0.0840. The molecule has 0 amide bonds. The van der Waals surface area contributed by atoms with E-state index in [4.69, 9.17) is 0 Å². The Labute approximate surface area is 108 Å². The molecule has 2 aromatic rings. The van der Waals surface area contributed by atoms with Crippen LogP contribution in [0.15, 0.2) is 67.2 Å². The van der Waals surface area contributed by atoms with Crippen molar-refractivity contribution in [2.24, 2.45) is 5.92 Å². The minimum atomic E-state index is -0.199. The lowest BCUT2D eigenvalue weighted by Crippen LogP contribution is -2.12. The Kier molecular flexibility index (Phi) is 3.73. The van der Waals surface area contributed by atoms with E-state index in [2.05, 4.69) is 6.58 Å². The number of benzene rings is 2. The number of allylic oxidation sites excluding steroid dienone is 1. The van der Waals surface area contributed by atoms with Gasteiger partial charge < -0.3 is 0 Å². The molecular formula is C17H16O. The van der Waals surface area contributed by atoms with Crippen LogP contribution in [0.3, 0.4) is 0 Å². The summed E-state index contributed by atoms with van der Waals surface area (Å²) in [5.41, 5.74) is 2.63. The first-order valence-corrected chi connectivity index (χ1v) is 6.03. The Bertz CT molecular complexity index is 489. The zero-order valence-electron chi connectivity index (χ0n) is 10.5. The second-order valence-corrected chi connectivity index (χ2v) is 4.34. The van der Waals surface area contributed by atoms with Crippen molar-refractivity contribution >= 4 is 11.4 Å². The van der Waals surface area contributed by atoms with Crippen LogP contribution in [-0.4, -0.2) is 5.78 Å². The number of carbonyl (C=O) groups is 1. The minimum Gasteiger partial charge on any atom is -0.294 e.